The van der Waals surface area contributed by atoms with E-state index >= 15 is 0 Å². The van der Waals surface area contributed by atoms with E-state index in [0.29, 0.717) is 34.7 Å². The van der Waals surface area contributed by atoms with Gasteiger partial charge in [-0.15, -0.1) is 0 Å². The van der Waals surface area contributed by atoms with Crippen LogP contribution in [0.4, 0.5) is 27.8 Å². The highest BCUT2D eigenvalue weighted by atomic mass is 19.4. The van der Waals surface area contributed by atoms with Gasteiger partial charge in [-0.25, -0.2) is 14.6 Å². The van der Waals surface area contributed by atoms with Crippen LogP contribution in [0.3, 0.4) is 0 Å². The molecule has 0 aliphatic carbocycles. The molecule has 0 atom stereocenters. The number of aryl methyl sites for hydroxylation is 2. The van der Waals surface area contributed by atoms with Crippen LogP contribution in [0.25, 0.3) is 28.0 Å². The summed E-state index contributed by atoms with van der Waals surface area (Å²) in [5.41, 5.74) is 2.43. The maximum atomic E-state index is 13.4. The van der Waals surface area contributed by atoms with Crippen LogP contribution in [0.2, 0.25) is 0 Å². The quantitative estimate of drug-likeness (QED) is 0.249. The number of ether oxygens (including phenoxy) is 1. The minimum absolute atomic E-state index is 0.0261. The first-order chi connectivity index (χ1) is 18.1. The topological polar surface area (TPSA) is 69.8 Å². The third-order valence-electron chi connectivity index (χ3n) is 5.85. The Balaban J connectivity index is 1.43. The lowest BCUT2D eigenvalue weighted by Crippen LogP contribution is -2.13. The largest absolute Gasteiger partial charge is 0.434 e. The molecule has 3 aromatic heterocycles. The van der Waals surface area contributed by atoms with E-state index in [1.54, 1.807) is 66.5 Å². The fourth-order valence-electron chi connectivity index (χ4n) is 4.11. The Kier molecular flexibility index (Phi) is 6.47. The summed E-state index contributed by atoms with van der Waals surface area (Å²) in [7, 11) is 1.80. The van der Waals surface area contributed by atoms with Gasteiger partial charge in [-0.05, 0) is 42.8 Å². The molecule has 0 fully saturated rings. The molecule has 0 bridgehead atoms. The summed E-state index contributed by atoms with van der Waals surface area (Å²) in [6.07, 6.45) is -2.94. The third kappa shape index (κ3) is 5.01. The van der Waals surface area contributed by atoms with Crippen molar-refractivity contribution >= 4 is 16.9 Å². The fourth-order valence-corrected chi connectivity index (χ4v) is 4.11. The van der Waals surface area contributed by atoms with Crippen molar-refractivity contribution in [1.82, 2.24) is 24.3 Å². The van der Waals surface area contributed by atoms with Crippen molar-refractivity contribution < 1.29 is 26.7 Å². The molecule has 0 saturated carbocycles. The molecule has 196 valence electrons. The summed E-state index contributed by atoms with van der Waals surface area (Å²) < 4.78 is 73.4. The Morgan fingerprint density at radius 1 is 1.03 bits per heavy atom. The Morgan fingerprint density at radius 3 is 2.47 bits per heavy atom. The highest BCUT2D eigenvalue weighted by molar-refractivity contribution is 5.93. The fraction of sp³-hybridized carbons (Fsp3) is 0.192. The van der Waals surface area contributed by atoms with Crippen molar-refractivity contribution in [3.63, 3.8) is 0 Å². The van der Waals surface area contributed by atoms with Gasteiger partial charge < -0.3 is 14.6 Å². The molecular formula is C26H21F5N6O. The Hall–Kier alpha value is -4.48. The van der Waals surface area contributed by atoms with Gasteiger partial charge in [-0.1, -0.05) is 24.3 Å². The van der Waals surface area contributed by atoms with Gasteiger partial charge in [-0.3, -0.25) is 0 Å². The van der Waals surface area contributed by atoms with Crippen molar-refractivity contribution in [3.05, 3.63) is 83.9 Å². The number of nitrogens with zero attached hydrogens (tertiary/aromatic N) is 5. The SMILES string of the molecule is Cc1cc(C(F)(F)F)n(-c2ccc(CNc3cc4c(ncn4C)c(-c4ccccc4OC(F)F)n3)cc2)n1. The molecule has 0 amide bonds. The zero-order chi connectivity index (χ0) is 27.0. The number of imidazole rings is 1. The predicted molar refractivity (Wildman–Crippen MR) is 131 cm³/mol. The maximum Gasteiger partial charge on any atom is 0.433 e. The molecule has 38 heavy (non-hydrogen) atoms. The lowest BCUT2D eigenvalue weighted by molar-refractivity contribution is -0.142. The lowest BCUT2D eigenvalue weighted by Gasteiger charge is -2.13. The van der Waals surface area contributed by atoms with Crippen LogP contribution in [-0.4, -0.2) is 30.9 Å². The van der Waals surface area contributed by atoms with Crippen LogP contribution >= 0.6 is 0 Å². The molecule has 0 radical (unpaired) electrons. The minimum atomic E-state index is -4.53. The van der Waals surface area contributed by atoms with Crippen LogP contribution in [-0.2, 0) is 19.8 Å². The molecule has 5 aromatic rings. The number of hydrogen-bond donors (Lipinski definition) is 1. The summed E-state index contributed by atoms with van der Waals surface area (Å²) in [6.45, 7) is -1.20. The molecule has 7 nitrogen and oxygen atoms in total. The molecule has 0 unspecified atom stereocenters. The van der Waals surface area contributed by atoms with E-state index in [4.69, 9.17) is 4.74 Å². The van der Waals surface area contributed by atoms with Crippen LogP contribution in [0.5, 0.6) is 5.75 Å². The van der Waals surface area contributed by atoms with Crippen molar-refractivity contribution in [1.29, 1.82) is 0 Å². The molecule has 1 N–H and O–H groups in total. The van der Waals surface area contributed by atoms with Crippen LogP contribution < -0.4 is 10.1 Å². The highest BCUT2D eigenvalue weighted by Gasteiger charge is 2.35. The van der Waals surface area contributed by atoms with Crippen LogP contribution in [0, 0.1) is 6.92 Å². The van der Waals surface area contributed by atoms with Gasteiger partial charge in [0.1, 0.15) is 28.5 Å². The van der Waals surface area contributed by atoms with Crippen LogP contribution in [0.15, 0.2) is 67.0 Å². The first-order valence-corrected chi connectivity index (χ1v) is 11.4. The Bertz CT molecular complexity index is 1590. The number of para-hydroxylation sites is 1. The summed E-state index contributed by atoms with van der Waals surface area (Å²) in [5.74, 6) is 0.427. The summed E-state index contributed by atoms with van der Waals surface area (Å²) in [4.78, 5) is 9.00. The van der Waals surface area contributed by atoms with E-state index in [2.05, 4.69) is 20.4 Å². The summed E-state index contributed by atoms with van der Waals surface area (Å²) in [6, 6.07) is 15.6. The number of anilines is 1. The Labute approximate surface area is 213 Å². The average molecular weight is 528 g/mol. The zero-order valence-corrected chi connectivity index (χ0v) is 20.2. The second-order valence-electron chi connectivity index (χ2n) is 8.55. The molecule has 2 aromatic carbocycles. The van der Waals surface area contributed by atoms with Crippen molar-refractivity contribution in [3.8, 4) is 22.7 Å². The molecule has 0 saturated heterocycles. The number of nitrogens with one attached hydrogen (secondary N) is 1. The number of halogens is 5. The molecule has 12 heteroatoms. The standard InChI is InChI=1S/C26H21F5N6O/c1-15-11-21(26(29,30)31)37(35-15)17-9-7-16(8-10-17)13-32-22-12-19-24(33-14-36(19)2)23(34-22)18-5-3-4-6-20(18)38-25(27)28/h3-12,14,25H,13H2,1-2H3,(H,32,34). The molecule has 0 spiro atoms. The van der Waals surface area contributed by atoms with E-state index in [0.717, 1.165) is 16.3 Å². The number of hydrogen-bond acceptors (Lipinski definition) is 5. The van der Waals surface area contributed by atoms with E-state index in [1.165, 1.54) is 13.0 Å². The first-order valence-electron chi connectivity index (χ1n) is 11.4. The third-order valence-corrected chi connectivity index (χ3v) is 5.85. The monoisotopic (exact) mass is 528 g/mol. The zero-order valence-electron chi connectivity index (χ0n) is 20.2. The molecular weight excluding hydrogens is 507 g/mol. The van der Waals surface area contributed by atoms with Crippen LogP contribution in [0.1, 0.15) is 17.0 Å². The second-order valence-corrected chi connectivity index (χ2v) is 8.55. The number of benzene rings is 2. The summed E-state index contributed by atoms with van der Waals surface area (Å²) >= 11 is 0. The highest BCUT2D eigenvalue weighted by Crippen LogP contribution is 2.35. The van der Waals surface area contributed by atoms with E-state index < -0.39 is 18.5 Å². The smallest absolute Gasteiger partial charge is 0.433 e. The minimum Gasteiger partial charge on any atom is -0.434 e. The van der Waals surface area contributed by atoms with Crippen molar-refractivity contribution in [2.24, 2.45) is 7.05 Å². The molecule has 3 heterocycles. The summed E-state index contributed by atoms with van der Waals surface area (Å²) in [5, 5.41) is 7.17. The van der Waals surface area contributed by atoms with Gasteiger partial charge in [0.25, 0.3) is 0 Å². The number of fused-ring (bicyclic) bond motifs is 1. The normalized spacial score (nSPS) is 11.9. The van der Waals surface area contributed by atoms with E-state index in [-0.39, 0.29) is 17.1 Å². The van der Waals surface area contributed by atoms with E-state index in [9.17, 15) is 22.0 Å². The average Bonchev–Trinajstić information content (AvgIpc) is 3.45. The molecule has 0 aliphatic heterocycles. The first kappa shape index (κ1) is 25.2. The van der Waals surface area contributed by atoms with Gasteiger partial charge in [0, 0.05) is 25.2 Å². The van der Waals surface area contributed by atoms with Gasteiger partial charge in [-0.2, -0.15) is 27.1 Å². The second kappa shape index (κ2) is 9.77. The van der Waals surface area contributed by atoms with Gasteiger partial charge in [0.15, 0.2) is 0 Å². The van der Waals surface area contributed by atoms with Gasteiger partial charge >= 0.3 is 12.8 Å². The molecule has 0 aliphatic rings. The van der Waals surface area contributed by atoms with E-state index in [1.807, 2.05) is 0 Å². The predicted octanol–water partition coefficient (Wildman–Crippen LogP) is 6.36. The molecule has 5 rings (SSSR count). The van der Waals surface area contributed by atoms with Gasteiger partial charge in [0.2, 0.25) is 0 Å². The Morgan fingerprint density at radius 2 is 1.76 bits per heavy atom. The number of rotatable bonds is 7. The van der Waals surface area contributed by atoms with Crippen molar-refractivity contribution in [2.75, 3.05) is 5.32 Å². The maximum absolute atomic E-state index is 13.4. The number of aromatic nitrogens is 5. The van der Waals surface area contributed by atoms with Crippen molar-refractivity contribution in [2.45, 2.75) is 26.3 Å². The van der Waals surface area contributed by atoms with Gasteiger partial charge in [0.05, 0.1) is 23.2 Å². The number of pyridine rings is 1. The number of alkyl halides is 5. The lowest BCUT2D eigenvalue weighted by atomic mass is 10.1.